The fourth-order valence-electron chi connectivity index (χ4n) is 1.11. The third-order valence-electron chi connectivity index (χ3n) is 1.84. The van der Waals surface area contributed by atoms with Crippen LogP contribution >= 0.6 is 0 Å². The highest BCUT2D eigenvalue weighted by molar-refractivity contribution is 4.96. The first-order valence-corrected chi connectivity index (χ1v) is 3.76. The number of hydrogen-bond acceptors (Lipinski definition) is 4. The van der Waals surface area contributed by atoms with Crippen molar-refractivity contribution in [2.24, 2.45) is 0 Å². The van der Waals surface area contributed by atoms with Crippen molar-refractivity contribution in [2.45, 2.75) is 12.1 Å². The van der Waals surface area contributed by atoms with Crippen LogP contribution in [0.15, 0.2) is 12.4 Å². The summed E-state index contributed by atoms with van der Waals surface area (Å²) in [6.45, 7) is 5.16. The van der Waals surface area contributed by atoms with Crippen molar-refractivity contribution >= 4 is 0 Å². The first-order valence-electron chi connectivity index (χ1n) is 3.76. The first-order chi connectivity index (χ1) is 5.24. The quantitative estimate of drug-likeness (QED) is 0.407. The van der Waals surface area contributed by atoms with Crippen molar-refractivity contribution in [3.05, 3.63) is 12.4 Å². The van der Waals surface area contributed by atoms with Crippen LogP contribution in [-0.2, 0) is 0 Å². The Labute approximate surface area is 66.7 Å². The van der Waals surface area contributed by atoms with E-state index in [-0.39, 0.29) is 12.1 Å². The van der Waals surface area contributed by atoms with Crippen molar-refractivity contribution in [3.8, 4) is 0 Å². The number of hydrogen-bond donors (Lipinski definition) is 4. The number of nitrogens with one attached hydrogen (secondary N) is 3. The lowest BCUT2D eigenvalue weighted by atomic mass is 10.2. The zero-order chi connectivity index (χ0) is 8.27. The van der Waals surface area contributed by atoms with E-state index >= 15 is 0 Å². The highest BCUT2D eigenvalue weighted by Gasteiger charge is 2.24. The average Bonchev–Trinajstić information content (AvgIpc) is 2.37. The maximum absolute atomic E-state index is 9.34. The number of aliphatic hydroxyl groups excluding tert-OH is 1. The van der Waals surface area contributed by atoms with Crippen molar-refractivity contribution in [1.29, 1.82) is 0 Å². The van der Waals surface area contributed by atoms with E-state index in [1.165, 1.54) is 0 Å². The minimum atomic E-state index is -0.305. The highest BCUT2D eigenvalue weighted by Crippen LogP contribution is 1.99. The van der Waals surface area contributed by atoms with Gasteiger partial charge >= 0.3 is 0 Å². The van der Waals surface area contributed by atoms with Crippen molar-refractivity contribution < 1.29 is 5.11 Å². The van der Waals surface area contributed by atoms with E-state index in [0.29, 0.717) is 6.54 Å². The first kappa shape index (κ1) is 8.36. The van der Waals surface area contributed by atoms with Crippen molar-refractivity contribution in [2.75, 3.05) is 20.1 Å². The van der Waals surface area contributed by atoms with Gasteiger partial charge in [-0.1, -0.05) is 6.58 Å². The van der Waals surface area contributed by atoms with Crippen LogP contribution in [0.3, 0.4) is 0 Å². The summed E-state index contributed by atoms with van der Waals surface area (Å²) >= 11 is 0. The van der Waals surface area contributed by atoms with Gasteiger partial charge in [-0.3, -0.25) is 0 Å². The van der Waals surface area contributed by atoms with Crippen LogP contribution < -0.4 is 16.0 Å². The fourth-order valence-corrected chi connectivity index (χ4v) is 1.11. The molecule has 0 aromatic rings. The molecular weight excluding hydrogens is 142 g/mol. The molecule has 0 bridgehead atoms. The molecule has 0 aromatic heterocycles. The lowest BCUT2D eigenvalue weighted by Crippen LogP contribution is -2.40. The highest BCUT2D eigenvalue weighted by atomic mass is 16.3. The smallest absolute Gasteiger partial charge is 0.0913 e. The zero-order valence-electron chi connectivity index (χ0n) is 6.72. The Kier molecular flexibility index (Phi) is 2.73. The van der Waals surface area contributed by atoms with E-state index in [4.69, 9.17) is 0 Å². The van der Waals surface area contributed by atoms with Crippen LogP contribution in [0.5, 0.6) is 0 Å². The van der Waals surface area contributed by atoms with E-state index < -0.39 is 0 Å². The largest absolute Gasteiger partial charge is 0.390 e. The molecule has 1 aliphatic heterocycles. The molecule has 0 aliphatic carbocycles. The Bertz CT molecular complexity index is 149. The summed E-state index contributed by atoms with van der Waals surface area (Å²) in [5.74, 6) is 0.748. The number of aliphatic hydroxyl groups is 1. The molecule has 1 fully saturated rings. The molecule has 1 aliphatic rings. The maximum atomic E-state index is 9.34. The second-order valence-corrected chi connectivity index (χ2v) is 2.70. The van der Waals surface area contributed by atoms with Gasteiger partial charge in [0, 0.05) is 20.1 Å². The molecule has 0 saturated carbocycles. The molecule has 1 saturated heterocycles. The summed E-state index contributed by atoms with van der Waals surface area (Å²) in [4.78, 5) is 0. The van der Waals surface area contributed by atoms with Crippen LogP contribution in [0.4, 0.5) is 0 Å². The van der Waals surface area contributed by atoms with E-state index in [0.717, 1.165) is 12.4 Å². The molecule has 0 amide bonds. The Morgan fingerprint density at radius 2 is 2.36 bits per heavy atom. The standard InChI is InChI=1S/C7H15N3O/c1-5(8-2)10-6-3-9-4-7(6)11/h6-11H,1,3-4H2,2H3. The van der Waals surface area contributed by atoms with Gasteiger partial charge in [-0.05, 0) is 0 Å². The van der Waals surface area contributed by atoms with Gasteiger partial charge in [0.1, 0.15) is 0 Å². The molecule has 2 atom stereocenters. The molecule has 1 heterocycles. The third kappa shape index (κ3) is 2.10. The van der Waals surface area contributed by atoms with E-state index in [2.05, 4.69) is 22.5 Å². The Morgan fingerprint density at radius 3 is 2.82 bits per heavy atom. The lowest BCUT2D eigenvalue weighted by Gasteiger charge is -2.17. The minimum absolute atomic E-state index is 0.0925. The molecule has 1 rings (SSSR count). The molecule has 11 heavy (non-hydrogen) atoms. The summed E-state index contributed by atoms with van der Waals surface area (Å²) in [6, 6.07) is 0.0925. The molecule has 4 nitrogen and oxygen atoms in total. The average molecular weight is 157 g/mol. The van der Waals surface area contributed by atoms with Gasteiger partial charge in [0.05, 0.1) is 18.0 Å². The van der Waals surface area contributed by atoms with E-state index in [1.54, 1.807) is 7.05 Å². The fraction of sp³-hybridized carbons (Fsp3) is 0.714. The Morgan fingerprint density at radius 1 is 1.64 bits per heavy atom. The normalized spacial score (nSPS) is 30.0. The third-order valence-corrected chi connectivity index (χ3v) is 1.84. The van der Waals surface area contributed by atoms with Gasteiger partial charge in [0.15, 0.2) is 0 Å². The number of rotatable bonds is 3. The summed E-state index contributed by atoms with van der Waals surface area (Å²) in [6.07, 6.45) is -0.305. The molecule has 4 N–H and O–H groups in total. The second kappa shape index (κ2) is 3.59. The molecule has 0 spiro atoms. The van der Waals surface area contributed by atoms with Crippen molar-refractivity contribution in [1.82, 2.24) is 16.0 Å². The minimum Gasteiger partial charge on any atom is -0.390 e. The van der Waals surface area contributed by atoms with Crippen LogP contribution in [0, 0.1) is 0 Å². The summed E-state index contributed by atoms with van der Waals surface area (Å²) in [5, 5.41) is 18.3. The monoisotopic (exact) mass is 157 g/mol. The van der Waals surface area contributed by atoms with E-state index in [1.807, 2.05) is 0 Å². The van der Waals surface area contributed by atoms with E-state index in [9.17, 15) is 5.11 Å². The zero-order valence-corrected chi connectivity index (χ0v) is 6.72. The Hall–Kier alpha value is -0.740. The molecule has 0 radical (unpaired) electrons. The van der Waals surface area contributed by atoms with Gasteiger partial charge in [-0.25, -0.2) is 0 Å². The van der Waals surface area contributed by atoms with Crippen molar-refractivity contribution in [3.63, 3.8) is 0 Å². The molecule has 4 heteroatoms. The van der Waals surface area contributed by atoms with Gasteiger partial charge in [0.25, 0.3) is 0 Å². The second-order valence-electron chi connectivity index (χ2n) is 2.70. The van der Waals surface area contributed by atoms with Crippen LogP contribution in [0.2, 0.25) is 0 Å². The van der Waals surface area contributed by atoms with Crippen LogP contribution in [0.1, 0.15) is 0 Å². The predicted molar refractivity (Wildman–Crippen MR) is 44.0 cm³/mol. The number of β-amino-alcohol motifs (C(OH)–C–C–N with tert-alkyl or cyclic N) is 1. The van der Waals surface area contributed by atoms with Gasteiger partial charge in [0.2, 0.25) is 0 Å². The maximum Gasteiger partial charge on any atom is 0.0913 e. The summed E-state index contributed by atoms with van der Waals surface area (Å²) < 4.78 is 0. The van der Waals surface area contributed by atoms with Crippen LogP contribution in [0.25, 0.3) is 0 Å². The SMILES string of the molecule is C=C(NC)NC1CNCC1O. The van der Waals surface area contributed by atoms with Crippen LogP contribution in [-0.4, -0.2) is 37.4 Å². The van der Waals surface area contributed by atoms with Gasteiger partial charge < -0.3 is 21.1 Å². The predicted octanol–water partition coefficient (Wildman–Crippen LogP) is -1.40. The molecular formula is C7H15N3O. The summed E-state index contributed by atoms with van der Waals surface area (Å²) in [7, 11) is 1.80. The lowest BCUT2D eigenvalue weighted by molar-refractivity contribution is 0.167. The molecule has 2 unspecified atom stereocenters. The van der Waals surface area contributed by atoms with Gasteiger partial charge in [-0.2, -0.15) is 0 Å². The topological polar surface area (TPSA) is 56.3 Å². The molecule has 0 aromatic carbocycles. The summed E-state index contributed by atoms with van der Waals surface area (Å²) in [5.41, 5.74) is 0. The molecule has 64 valence electrons. The van der Waals surface area contributed by atoms with Gasteiger partial charge in [-0.15, -0.1) is 0 Å². The Balaban J connectivity index is 2.30.